The highest BCUT2D eigenvalue weighted by Crippen LogP contribution is 2.26. The molecule has 1 aromatic carbocycles. The van der Waals surface area contributed by atoms with Gasteiger partial charge in [0.2, 0.25) is 0 Å². The summed E-state index contributed by atoms with van der Waals surface area (Å²) in [5, 5.41) is 0. The van der Waals surface area contributed by atoms with Gasteiger partial charge < -0.3 is 9.64 Å². The Morgan fingerprint density at radius 2 is 2.00 bits per heavy atom. The van der Waals surface area contributed by atoms with Crippen molar-refractivity contribution in [1.82, 2.24) is 4.90 Å². The molecule has 0 atom stereocenters. The van der Waals surface area contributed by atoms with Crippen LogP contribution in [0.2, 0.25) is 0 Å². The third-order valence-electron chi connectivity index (χ3n) is 3.92. The van der Waals surface area contributed by atoms with Gasteiger partial charge in [0.1, 0.15) is 5.75 Å². The van der Waals surface area contributed by atoms with Crippen LogP contribution in [0.25, 0.3) is 0 Å². The maximum absolute atomic E-state index is 5.54. The van der Waals surface area contributed by atoms with Crippen LogP contribution in [-0.2, 0) is 12.8 Å². The van der Waals surface area contributed by atoms with E-state index in [1.807, 2.05) is 0 Å². The van der Waals surface area contributed by atoms with Crippen molar-refractivity contribution in [3.05, 3.63) is 29.3 Å². The minimum Gasteiger partial charge on any atom is -0.493 e. The SMILES string of the molecule is c1cc2c(cc1CCN1CCCCC1)CCO2. The van der Waals surface area contributed by atoms with Crippen LogP contribution in [0.15, 0.2) is 18.2 Å². The quantitative estimate of drug-likeness (QED) is 0.793. The van der Waals surface area contributed by atoms with E-state index in [0.717, 1.165) is 18.8 Å². The topological polar surface area (TPSA) is 12.5 Å². The molecule has 0 amide bonds. The zero-order valence-corrected chi connectivity index (χ0v) is 10.5. The summed E-state index contributed by atoms with van der Waals surface area (Å²) in [6, 6.07) is 6.72. The molecule has 1 saturated heterocycles. The van der Waals surface area contributed by atoms with Gasteiger partial charge >= 0.3 is 0 Å². The molecule has 1 aromatic rings. The number of benzene rings is 1. The Kier molecular flexibility index (Phi) is 3.32. The molecule has 0 unspecified atom stereocenters. The molecule has 0 aliphatic carbocycles. The van der Waals surface area contributed by atoms with Gasteiger partial charge in [-0.25, -0.2) is 0 Å². The first-order chi connectivity index (χ1) is 8.42. The Hall–Kier alpha value is -1.02. The summed E-state index contributed by atoms with van der Waals surface area (Å²) < 4.78 is 5.54. The summed E-state index contributed by atoms with van der Waals surface area (Å²) in [4.78, 5) is 2.60. The molecule has 0 bridgehead atoms. The normalized spacial score (nSPS) is 20.0. The number of rotatable bonds is 3. The van der Waals surface area contributed by atoms with E-state index in [2.05, 4.69) is 23.1 Å². The van der Waals surface area contributed by atoms with Crippen molar-refractivity contribution < 1.29 is 4.74 Å². The van der Waals surface area contributed by atoms with Crippen molar-refractivity contribution in [1.29, 1.82) is 0 Å². The molecule has 2 aliphatic heterocycles. The second-order valence-corrected chi connectivity index (χ2v) is 5.19. The Morgan fingerprint density at radius 3 is 2.88 bits per heavy atom. The molecule has 2 heteroatoms. The molecule has 2 nitrogen and oxygen atoms in total. The van der Waals surface area contributed by atoms with Crippen LogP contribution < -0.4 is 4.74 Å². The monoisotopic (exact) mass is 231 g/mol. The molecule has 0 radical (unpaired) electrons. The summed E-state index contributed by atoms with van der Waals surface area (Å²) in [7, 11) is 0. The van der Waals surface area contributed by atoms with Gasteiger partial charge in [0.05, 0.1) is 6.61 Å². The largest absolute Gasteiger partial charge is 0.493 e. The number of hydrogen-bond donors (Lipinski definition) is 0. The average molecular weight is 231 g/mol. The van der Waals surface area contributed by atoms with Crippen molar-refractivity contribution in [3.8, 4) is 5.75 Å². The average Bonchev–Trinajstić information content (AvgIpc) is 2.85. The number of hydrogen-bond acceptors (Lipinski definition) is 2. The highest BCUT2D eigenvalue weighted by Gasteiger charge is 2.13. The predicted molar refractivity (Wildman–Crippen MR) is 69.6 cm³/mol. The van der Waals surface area contributed by atoms with Gasteiger partial charge in [0, 0.05) is 13.0 Å². The Bertz CT molecular complexity index is 383. The molecular formula is C15H21NO. The van der Waals surface area contributed by atoms with E-state index in [1.165, 1.54) is 56.4 Å². The van der Waals surface area contributed by atoms with E-state index in [9.17, 15) is 0 Å². The fourth-order valence-electron chi connectivity index (χ4n) is 2.87. The van der Waals surface area contributed by atoms with Gasteiger partial charge in [-0.05, 0) is 49.5 Å². The summed E-state index contributed by atoms with van der Waals surface area (Å²) in [5.74, 6) is 1.10. The van der Waals surface area contributed by atoms with Gasteiger partial charge in [0.15, 0.2) is 0 Å². The lowest BCUT2D eigenvalue weighted by molar-refractivity contribution is 0.231. The van der Waals surface area contributed by atoms with Crippen LogP contribution in [0.5, 0.6) is 5.75 Å². The van der Waals surface area contributed by atoms with Gasteiger partial charge in [-0.15, -0.1) is 0 Å². The standard InChI is InChI=1S/C15H21NO/c1-2-8-16(9-3-1)10-6-13-4-5-15-14(12-13)7-11-17-15/h4-5,12H,1-3,6-11H2. The van der Waals surface area contributed by atoms with E-state index < -0.39 is 0 Å². The Labute approximate surface area is 104 Å². The fraction of sp³-hybridized carbons (Fsp3) is 0.600. The first-order valence-corrected chi connectivity index (χ1v) is 6.89. The molecule has 2 aliphatic rings. The fourth-order valence-corrected chi connectivity index (χ4v) is 2.87. The predicted octanol–water partition coefficient (Wildman–Crippen LogP) is 2.65. The number of piperidine rings is 1. The second-order valence-electron chi connectivity index (χ2n) is 5.19. The molecule has 92 valence electrons. The van der Waals surface area contributed by atoms with Crippen molar-refractivity contribution in [2.24, 2.45) is 0 Å². The van der Waals surface area contributed by atoms with Gasteiger partial charge in [-0.1, -0.05) is 18.6 Å². The van der Waals surface area contributed by atoms with Crippen molar-refractivity contribution in [2.75, 3.05) is 26.2 Å². The third kappa shape index (κ3) is 2.63. The second kappa shape index (κ2) is 5.09. The molecule has 1 fully saturated rings. The molecule has 0 N–H and O–H groups in total. The van der Waals surface area contributed by atoms with E-state index >= 15 is 0 Å². The van der Waals surface area contributed by atoms with E-state index in [1.54, 1.807) is 0 Å². The first kappa shape index (κ1) is 11.1. The molecule has 17 heavy (non-hydrogen) atoms. The number of nitrogens with zero attached hydrogens (tertiary/aromatic N) is 1. The van der Waals surface area contributed by atoms with Crippen LogP contribution in [0.4, 0.5) is 0 Å². The van der Waals surface area contributed by atoms with Crippen LogP contribution in [0.1, 0.15) is 30.4 Å². The highest BCUT2D eigenvalue weighted by molar-refractivity contribution is 5.39. The Morgan fingerprint density at radius 1 is 1.12 bits per heavy atom. The van der Waals surface area contributed by atoms with E-state index in [-0.39, 0.29) is 0 Å². The molecule has 0 spiro atoms. The lowest BCUT2D eigenvalue weighted by atomic mass is 10.1. The third-order valence-corrected chi connectivity index (χ3v) is 3.92. The van der Waals surface area contributed by atoms with E-state index in [4.69, 9.17) is 4.74 Å². The maximum Gasteiger partial charge on any atom is 0.122 e. The zero-order chi connectivity index (χ0) is 11.5. The van der Waals surface area contributed by atoms with Crippen molar-refractivity contribution in [3.63, 3.8) is 0 Å². The summed E-state index contributed by atoms with van der Waals surface area (Å²) in [5.41, 5.74) is 2.88. The minimum absolute atomic E-state index is 0.866. The minimum atomic E-state index is 0.866. The molecule has 3 rings (SSSR count). The number of fused-ring (bicyclic) bond motifs is 1. The summed E-state index contributed by atoms with van der Waals surface area (Å²) >= 11 is 0. The Balaban J connectivity index is 1.57. The smallest absolute Gasteiger partial charge is 0.122 e. The van der Waals surface area contributed by atoms with Crippen LogP contribution in [-0.4, -0.2) is 31.1 Å². The van der Waals surface area contributed by atoms with Crippen LogP contribution in [0, 0.1) is 0 Å². The van der Waals surface area contributed by atoms with Crippen LogP contribution >= 0.6 is 0 Å². The zero-order valence-electron chi connectivity index (χ0n) is 10.5. The molecule has 2 heterocycles. The van der Waals surface area contributed by atoms with Gasteiger partial charge in [-0.2, -0.15) is 0 Å². The molecule has 0 aromatic heterocycles. The van der Waals surface area contributed by atoms with Gasteiger partial charge in [0.25, 0.3) is 0 Å². The first-order valence-electron chi connectivity index (χ1n) is 6.89. The summed E-state index contributed by atoms with van der Waals surface area (Å²) in [6.45, 7) is 4.69. The molecular weight excluding hydrogens is 210 g/mol. The van der Waals surface area contributed by atoms with Crippen molar-refractivity contribution >= 4 is 0 Å². The lowest BCUT2D eigenvalue weighted by Gasteiger charge is -2.26. The maximum atomic E-state index is 5.54. The molecule has 0 saturated carbocycles. The number of ether oxygens (including phenoxy) is 1. The highest BCUT2D eigenvalue weighted by atomic mass is 16.5. The van der Waals surface area contributed by atoms with Crippen LogP contribution in [0.3, 0.4) is 0 Å². The summed E-state index contributed by atoms with van der Waals surface area (Å²) in [6.07, 6.45) is 6.48. The van der Waals surface area contributed by atoms with Crippen molar-refractivity contribution in [2.45, 2.75) is 32.1 Å². The number of likely N-dealkylation sites (tertiary alicyclic amines) is 1. The van der Waals surface area contributed by atoms with E-state index in [0.29, 0.717) is 0 Å². The van der Waals surface area contributed by atoms with Gasteiger partial charge in [-0.3, -0.25) is 0 Å². The lowest BCUT2D eigenvalue weighted by Crippen LogP contribution is -2.31.